The summed E-state index contributed by atoms with van der Waals surface area (Å²) in [5.41, 5.74) is -0.715. The number of carbonyl (C=O) groups is 2. The molecule has 0 heterocycles. The highest BCUT2D eigenvalue weighted by atomic mass is 19.1. The Kier molecular flexibility index (Phi) is 4.95. The van der Waals surface area contributed by atoms with Crippen LogP contribution in [0.3, 0.4) is 0 Å². The Bertz CT molecular complexity index is 744. The molecule has 0 radical (unpaired) electrons. The number of rotatable bonds is 4. The van der Waals surface area contributed by atoms with Gasteiger partial charge in [-0.25, -0.2) is 22.4 Å². The molecule has 23 heavy (non-hydrogen) atoms. The number of nitrogens with one attached hydrogen (secondary N) is 1. The van der Waals surface area contributed by atoms with Crippen LogP contribution in [0, 0.1) is 23.3 Å². The standard InChI is InChI=1S/C15H9F4NO3/c16-9-1-2-13(12(19)6-9)20-14(21)7-23-15(22)8-3-10(17)5-11(18)4-8/h1-6H,7H2,(H,20,21). The molecule has 0 aliphatic carbocycles. The molecule has 0 saturated heterocycles. The molecule has 1 amide bonds. The number of benzene rings is 2. The third kappa shape index (κ3) is 4.53. The van der Waals surface area contributed by atoms with Crippen LogP contribution in [0.1, 0.15) is 10.4 Å². The van der Waals surface area contributed by atoms with Gasteiger partial charge in [-0.1, -0.05) is 0 Å². The van der Waals surface area contributed by atoms with Gasteiger partial charge in [0, 0.05) is 12.1 Å². The van der Waals surface area contributed by atoms with Crippen molar-refractivity contribution in [3.8, 4) is 0 Å². The van der Waals surface area contributed by atoms with E-state index in [4.69, 9.17) is 0 Å². The number of halogens is 4. The summed E-state index contributed by atoms with van der Waals surface area (Å²) in [6.45, 7) is -0.812. The molecule has 0 spiro atoms. The Hall–Kier alpha value is -2.90. The first kappa shape index (κ1) is 16.5. The van der Waals surface area contributed by atoms with E-state index in [1.807, 2.05) is 0 Å². The van der Waals surface area contributed by atoms with E-state index in [-0.39, 0.29) is 5.69 Å². The molecule has 0 aromatic heterocycles. The van der Waals surface area contributed by atoms with E-state index in [2.05, 4.69) is 10.1 Å². The minimum Gasteiger partial charge on any atom is -0.452 e. The Morgan fingerprint density at radius 1 is 0.913 bits per heavy atom. The SMILES string of the molecule is O=C(COC(=O)c1cc(F)cc(F)c1)Nc1ccc(F)cc1F. The molecule has 0 aliphatic heterocycles. The van der Waals surface area contributed by atoms with Gasteiger partial charge in [-0.05, 0) is 24.3 Å². The number of esters is 1. The molecule has 4 nitrogen and oxygen atoms in total. The van der Waals surface area contributed by atoms with Crippen LogP contribution in [0.2, 0.25) is 0 Å². The quantitative estimate of drug-likeness (QED) is 0.694. The van der Waals surface area contributed by atoms with E-state index < -0.39 is 47.3 Å². The van der Waals surface area contributed by atoms with Crippen LogP contribution in [0.4, 0.5) is 23.2 Å². The molecule has 8 heteroatoms. The first-order valence-electron chi connectivity index (χ1n) is 6.23. The third-order valence-electron chi connectivity index (χ3n) is 2.64. The maximum atomic E-state index is 13.3. The number of ether oxygens (including phenoxy) is 1. The highest BCUT2D eigenvalue weighted by Crippen LogP contribution is 2.15. The summed E-state index contributed by atoms with van der Waals surface area (Å²) in [7, 11) is 0. The molecule has 2 rings (SSSR count). The molecule has 0 saturated carbocycles. The summed E-state index contributed by atoms with van der Waals surface area (Å²) in [6.07, 6.45) is 0. The van der Waals surface area contributed by atoms with Crippen LogP contribution in [-0.4, -0.2) is 18.5 Å². The average molecular weight is 327 g/mol. The number of amides is 1. The summed E-state index contributed by atoms with van der Waals surface area (Å²) in [6, 6.07) is 4.54. The fraction of sp³-hybridized carbons (Fsp3) is 0.0667. The Balaban J connectivity index is 1.94. The summed E-state index contributed by atoms with van der Waals surface area (Å²) < 4.78 is 56.5. The molecule has 1 N–H and O–H groups in total. The Labute approximate surface area is 127 Å². The van der Waals surface area contributed by atoms with Crippen LogP contribution in [0.15, 0.2) is 36.4 Å². The van der Waals surface area contributed by atoms with Gasteiger partial charge in [0.15, 0.2) is 6.61 Å². The minimum atomic E-state index is -1.13. The molecular weight excluding hydrogens is 318 g/mol. The number of hydrogen-bond donors (Lipinski definition) is 1. The van der Waals surface area contributed by atoms with Crippen molar-refractivity contribution in [3.63, 3.8) is 0 Å². The van der Waals surface area contributed by atoms with Gasteiger partial charge in [-0.15, -0.1) is 0 Å². The van der Waals surface area contributed by atoms with Crippen LogP contribution in [0.25, 0.3) is 0 Å². The van der Waals surface area contributed by atoms with Crippen molar-refractivity contribution in [1.29, 1.82) is 0 Å². The topological polar surface area (TPSA) is 55.4 Å². The summed E-state index contributed by atoms with van der Waals surface area (Å²) >= 11 is 0. The second-order valence-corrected chi connectivity index (χ2v) is 4.41. The number of carbonyl (C=O) groups excluding carboxylic acids is 2. The Morgan fingerprint density at radius 2 is 1.57 bits per heavy atom. The van der Waals surface area contributed by atoms with E-state index in [0.717, 1.165) is 24.3 Å². The summed E-state index contributed by atoms with van der Waals surface area (Å²) in [4.78, 5) is 23.1. The van der Waals surface area contributed by atoms with Crippen LogP contribution < -0.4 is 5.32 Å². The molecule has 0 aliphatic rings. The molecular formula is C15H9F4NO3. The van der Waals surface area contributed by atoms with Gasteiger partial charge in [0.2, 0.25) is 0 Å². The lowest BCUT2D eigenvalue weighted by atomic mass is 10.2. The molecule has 120 valence electrons. The highest BCUT2D eigenvalue weighted by molar-refractivity contribution is 5.95. The molecule has 2 aromatic rings. The molecule has 2 aromatic carbocycles. The average Bonchev–Trinajstić information content (AvgIpc) is 2.46. The smallest absolute Gasteiger partial charge is 0.338 e. The molecule has 0 atom stereocenters. The Morgan fingerprint density at radius 3 is 2.17 bits per heavy atom. The maximum absolute atomic E-state index is 13.3. The molecule has 0 unspecified atom stereocenters. The van der Waals surface area contributed by atoms with Crippen molar-refractivity contribution in [2.75, 3.05) is 11.9 Å². The van der Waals surface area contributed by atoms with E-state index in [0.29, 0.717) is 12.1 Å². The zero-order valence-corrected chi connectivity index (χ0v) is 11.4. The monoisotopic (exact) mass is 327 g/mol. The van der Waals surface area contributed by atoms with E-state index in [1.165, 1.54) is 0 Å². The van der Waals surface area contributed by atoms with Crippen LogP contribution in [-0.2, 0) is 9.53 Å². The van der Waals surface area contributed by atoms with Gasteiger partial charge in [-0.2, -0.15) is 0 Å². The summed E-state index contributed by atoms with van der Waals surface area (Å²) in [5, 5.41) is 2.06. The lowest BCUT2D eigenvalue weighted by Crippen LogP contribution is -2.21. The van der Waals surface area contributed by atoms with Crippen molar-refractivity contribution in [2.24, 2.45) is 0 Å². The van der Waals surface area contributed by atoms with Crippen molar-refractivity contribution in [3.05, 3.63) is 65.2 Å². The van der Waals surface area contributed by atoms with Crippen molar-refractivity contribution in [2.45, 2.75) is 0 Å². The largest absolute Gasteiger partial charge is 0.452 e. The highest BCUT2D eigenvalue weighted by Gasteiger charge is 2.14. The van der Waals surface area contributed by atoms with Crippen molar-refractivity contribution in [1.82, 2.24) is 0 Å². The van der Waals surface area contributed by atoms with E-state index >= 15 is 0 Å². The first-order chi connectivity index (χ1) is 10.8. The van der Waals surface area contributed by atoms with Gasteiger partial charge < -0.3 is 10.1 Å². The van der Waals surface area contributed by atoms with E-state index in [9.17, 15) is 27.2 Å². The first-order valence-corrected chi connectivity index (χ1v) is 6.23. The van der Waals surface area contributed by atoms with Crippen LogP contribution >= 0.6 is 0 Å². The van der Waals surface area contributed by atoms with Gasteiger partial charge in [0.25, 0.3) is 5.91 Å². The molecule has 0 fully saturated rings. The predicted octanol–water partition coefficient (Wildman–Crippen LogP) is 3.04. The van der Waals surface area contributed by atoms with Gasteiger partial charge in [-0.3, -0.25) is 4.79 Å². The lowest BCUT2D eigenvalue weighted by Gasteiger charge is -2.07. The minimum absolute atomic E-state index is 0.302. The third-order valence-corrected chi connectivity index (χ3v) is 2.64. The van der Waals surface area contributed by atoms with Crippen LogP contribution in [0.5, 0.6) is 0 Å². The lowest BCUT2D eigenvalue weighted by molar-refractivity contribution is -0.119. The van der Waals surface area contributed by atoms with Gasteiger partial charge in [0.05, 0.1) is 11.3 Å². The second kappa shape index (κ2) is 6.91. The van der Waals surface area contributed by atoms with Crippen molar-refractivity contribution < 1.29 is 31.9 Å². The normalized spacial score (nSPS) is 10.3. The number of hydrogen-bond acceptors (Lipinski definition) is 3. The molecule has 0 bridgehead atoms. The number of anilines is 1. The fourth-order valence-electron chi connectivity index (χ4n) is 1.66. The van der Waals surface area contributed by atoms with Gasteiger partial charge in [0.1, 0.15) is 23.3 Å². The van der Waals surface area contributed by atoms with Crippen molar-refractivity contribution >= 4 is 17.6 Å². The maximum Gasteiger partial charge on any atom is 0.338 e. The second-order valence-electron chi connectivity index (χ2n) is 4.41. The summed E-state index contributed by atoms with van der Waals surface area (Å²) in [5.74, 6) is -5.81. The van der Waals surface area contributed by atoms with E-state index in [1.54, 1.807) is 0 Å². The fourth-order valence-corrected chi connectivity index (χ4v) is 1.66. The predicted molar refractivity (Wildman–Crippen MR) is 71.6 cm³/mol. The zero-order valence-electron chi connectivity index (χ0n) is 11.4. The zero-order chi connectivity index (χ0) is 17.0. The van der Waals surface area contributed by atoms with Gasteiger partial charge >= 0.3 is 5.97 Å².